The first-order chi connectivity index (χ1) is 8.45. The van der Waals surface area contributed by atoms with Crippen LogP contribution in [0.2, 0.25) is 0 Å². The van der Waals surface area contributed by atoms with Gasteiger partial charge in [-0.05, 0) is 43.9 Å². The van der Waals surface area contributed by atoms with Gasteiger partial charge in [-0.25, -0.2) is 0 Å². The molecule has 0 spiro atoms. The van der Waals surface area contributed by atoms with E-state index in [1.807, 2.05) is 0 Å². The number of hydrogen-bond acceptors (Lipinski definition) is 4. The molecular weight excluding hydrogens is 232 g/mol. The maximum Gasteiger partial charge on any atom is 0.103 e. The second-order valence-corrected chi connectivity index (χ2v) is 6.26. The van der Waals surface area contributed by atoms with E-state index in [1.165, 1.54) is 13.3 Å². The maximum absolute atomic E-state index is 10.8. The van der Waals surface area contributed by atoms with Crippen LogP contribution in [0, 0.1) is 17.8 Å². The lowest BCUT2D eigenvalue weighted by molar-refractivity contribution is -0.133. The predicted octanol–water partition coefficient (Wildman–Crippen LogP) is 0.932. The third-order valence-electron chi connectivity index (χ3n) is 4.94. The molecule has 4 nitrogen and oxygen atoms in total. The fraction of sp³-hybridized carbons (Fsp3) is 1.00. The summed E-state index contributed by atoms with van der Waals surface area (Å²) in [7, 11) is 0. The third-order valence-corrected chi connectivity index (χ3v) is 4.94. The first-order valence-electron chi connectivity index (χ1n) is 7.11. The first kappa shape index (κ1) is 14.3. The highest BCUT2D eigenvalue weighted by Crippen LogP contribution is 2.52. The molecule has 0 heterocycles. The molecule has 2 rings (SSSR count). The molecule has 2 bridgehead atoms. The predicted molar refractivity (Wildman–Crippen MR) is 68.1 cm³/mol. The van der Waals surface area contributed by atoms with Crippen LogP contribution in [0.15, 0.2) is 0 Å². The minimum atomic E-state index is -0.868. The molecule has 0 aliphatic heterocycles. The van der Waals surface area contributed by atoms with Crippen molar-refractivity contribution >= 4 is 0 Å². The minimum absolute atomic E-state index is 0.0911. The first-order valence-corrected chi connectivity index (χ1v) is 7.11. The van der Waals surface area contributed by atoms with E-state index in [-0.39, 0.29) is 13.2 Å². The number of aliphatic hydroxyl groups is 3. The number of hydrogen-bond donors (Lipinski definition) is 3. The van der Waals surface area contributed by atoms with Crippen LogP contribution >= 0.6 is 0 Å². The molecule has 6 atom stereocenters. The quantitative estimate of drug-likeness (QED) is 0.686. The van der Waals surface area contributed by atoms with Crippen molar-refractivity contribution in [3.05, 3.63) is 0 Å². The molecule has 0 saturated heterocycles. The van der Waals surface area contributed by atoms with E-state index in [4.69, 9.17) is 4.74 Å². The van der Waals surface area contributed by atoms with Crippen LogP contribution in [0.1, 0.15) is 39.5 Å². The second kappa shape index (κ2) is 5.45. The van der Waals surface area contributed by atoms with Gasteiger partial charge in [-0.2, -0.15) is 0 Å². The zero-order valence-corrected chi connectivity index (χ0v) is 11.4. The second-order valence-electron chi connectivity index (χ2n) is 6.26. The Morgan fingerprint density at radius 1 is 1.33 bits per heavy atom. The highest BCUT2D eigenvalue weighted by Gasteiger charge is 2.54. The topological polar surface area (TPSA) is 69.9 Å². The van der Waals surface area contributed by atoms with Gasteiger partial charge in [0, 0.05) is 0 Å². The van der Waals surface area contributed by atoms with Crippen molar-refractivity contribution in [1.82, 2.24) is 0 Å². The Morgan fingerprint density at radius 2 is 2.06 bits per heavy atom. The van der Waals surface area contributed by atoms with Gasteiger partial charge in [0.25, 0.3) is 0 Å². The van der Waals surface area contributed by atoms with Crippen molar-refractivity contribution in [2.75, 3.05) is 13.2 Å². The van der Waals surface area contributed by atoms with Crippen LogP contribution in [0.3, 0.4) is 0 Å². The lowest BCUT2D eigenvalue weighted by Crippen LogP contribution is -2.48. The molecule has 0 aromatic carbocycles. The van der Waals surface area contributed by atoms with Crippen molar-refractivity contribution in [2.45, 2.75) is 57.3 Å². The highest BCUT2D eigenvalue weighted by atomic mass is 16.5. The summed E-state index contributed by atoms with van der Waals surface area (Å²) >= 11 is 0. The summed E-state index contributed by atoms with van der Waals surface area (Å²) in [5.74, 6) is 1.24. The zero-order valence-electron chi connectivity index (χ0n) is 11.4. The Kier molecular flexibility index (Phi) is 4.32. The molecule has 2 fully saturated rings. The highest BCUT2D eigenvalue weighted by molar-refractivity contribution is 5.04. The Bertz CT molecular complexity index is 281. The molecule has 106 valence electrons. The van der Waals surface area contributed by atoms with E-state index in [2.05, 4.69) is 6.92 Å². The van der Waals surface area contributed by atoms with Crippen molar-refractivity contribution in [3.8, 4) is 0 Å². The summed E-state index contributed by atoms with van der Waals surface area (Å²) in [4.78, 5) is 0. The standard InChI is InChI=1S/C14H26O4/c1-9-6-11-4-3-5-12(9)14(11,17)8-18-7-13(16)10(2)15/h9-13,15-17H,3-8H2,1-2H3/t9-,10?,11?,12+,13?,14+/m0/s1. The number of rotatable bonds is 5. The summed E-state index contributed by atoms with van der Waals surface area (Å²) in [6, 6.07) is 0. The Hall–Kier alpha value is -0.160. The summed E-state index contributed by atoms with van der Waals surface area (Å²) in [6.07, 6.45) is 2.80. The van der Waals surface area contributed by atoms with Gasteiger partial charge < -0.3 is 20.1 Å². The maximum atomic E-state index is 10.8. The fourth-order valence-electron chi connectivity index (χ4n) is 3.81. The van der Waals surface area contributed by atoms with Crippen molar-refractivity contribution in [1.29, 1.82) is 0 Å². The molecule has 4 heteroatoms. The average molecular weight is 258 g/mol. The molecule has 0 radical (unpaired) electrons. The zero-order chi connectivity index (χ0) is 13.3. The summed E-state index contributed by atoms with van der Waals surface area (Å²) in [5.41, 5.74) is -0.712. The Morgan fingerprint density at radius 3 is 2.67 bits per heavy atom. The van der Waals surface area contributed by atoms with Crippen LogP contribution in [-0.2, 0) is 4.74 Å². The van der Waals surface area contributed by atoms with Gasteiger partial charge >= 0.3 is 0 Å². The summed E-state index contributed by atoms with van der Waals surface area (Å²) < 4.78 is 5.47. The SMILES string of the molecule is CC(O)C(O)COC[C@@]1(O)C2CCC[C@@H]1[C@@H](C)C2. The Balaban J connectivity index is 1.88. The molecule has 18 heavy (non-hydrogen) atoms. The van der Waals surface area contributed by atoms with E-state index < -0.39 is 17.8 Å². The Labute approximate surface area is 109 Å². The van der Waals surface area contributed by atoms with Gasteiger partial charge in [0.05, 0.1) is 24.9 Å². The van der Waals surface area contributed by atoms with E-state index >= 15 is 0 Å². The molecule has 2 saturated carbocycles. The van der Waals surface area contributed by atoms with Crippen LogP contribution in [0.25, 0.3) is 0 Å². The largest absolute Gasteiger partial charge is 0.391 e. The van der Waals surface area contributed by atoms with Crippen molar-refractivity contribution in [3.63, 3.8) is 0 Å². The molecule has 0 amide bonds. The van der Waals surface area contributed by atoms with Crippen LogP contribution < -0.4 is 0 Å². The molecule has 0 aromatic heterocycles. The normalized spacial score (nSPS) is 42.8. The smallest absolute Gasteiger partial charge is 0.103 e. The minimum Gasteiger partial charge on any atom is -0.391 e. The van der Waals surface area contributed by atoms with Crippen LogP contribution in [-0.4, -0.2) is 46.3 Å². The molecular formula is C14H26O4. The fourth-order valence-corrected chi connectivity index (χ4v) is 3.81. The van der Waals surface area contributed by atoms with Crippen molar-refractivity contribution in [2.24, 2.45) is 17.8 Å². The summed E-state index contributed by atoms with van der Waals surface area (Å²) in [6.45, 7) is 4.13. The lowest BCUT2D eigenvalue weighted by atomic mass is 9.74. The molecule has 0 aromatic rings. The van der Waals surface area contributed by atoms with E-state index in [9.17, 15) is 15.3 Å². The average Bonchev–Trinajstić information content (AvgIpc) is 2.47. The van der Waals surface area contributed by atoms with Gasteiger partial charge in [0.15, 0.2) is 0 Å². The number of ether oxygens (including phenoxy) is 1. The van der Waals surface area contributed by atoms with Gasteiger partial charge in [-0.3, -0.25) is 0 Å². The lowest BCUT2D eigenvalue weighted by Gasteiger charge is -2.40. The van der Waals surface area contributed by atoms with Gasteiger partial charge in [-0.15, -0.1) is 0 Å². The van der Waals surface area contributed by atoms with Gasteiger partial charge in [-0.1, -0.05) is 13.3 Å². The molecule has 3 unspecified atom stereocenters. The van der Waals surface area contributed by atoms with Gasteiger partial charge in [0.1, 0.15) is 6.10 Å². The number of fused-ring (bicyclic) bond motifs is 2. The van der Waals surface area contributed by atoms with E-state index in [1.54, 1.807) is 0 Å². The summed E-state index contributed by atoms with van der Waals surface area (Å²) in [5, 5.41) is 29.5. The van der Waals surface area contributed by atoms with Crippen LogP contribution in [0.5, 0.6) is 0 Å². The number of aliphatic hydroxyl groups excluding tert-OH is 2. The molecule has 2 aliphatic rings. The molecule has 3 N–H and O–H groups in total. The monoisotopic (exact) mass is 258 g/mol. The van der Waals surface area contributed by atoms with Crippen LogP contribution in [0.4, 0.5) is 0 Å². The van der Waals surface area contributed by atoms with Gasteiger partial charge in [0.2, 0.25) is 0 Å². The third kappa shape index (κ3) is 2.57. The molecule has 2 aliphatic carbocycles. The van der Waals surface area contributed by atoms with E-state index in [0.29, 0.717) is 17.8 Å². The van der Waals surface area contributed by atoms with Crippen molar-refractivity contribution < 1.29 is 20.1 Å². The van der Waals surface area contributed by atoms with E-state index in [0.717, 1.165) is 19.3 Å².